The van der Waals surface area contributed by atoms with Crippen LogP contribution in [0.2, 0.25) is 0 Å². The fraction of sp³-hybridized carbons (Fsp3) is 0.769. The first-order valence-electron chi connectivity index (χ1n) is 6.07. The van der Waals surface area contributed by atoms with Gasteiger partial charge in [-0.25, -0.2) is 0 Å². The molecule has 0 amide bonds. The summed E-state index contributed by atoms with van der Waals surface area (Å²) in [5.41, 5.74) is 0. The topological polar surface area (TPSA) is 26.3 Å². The van der Waals surface area contributed by atoms with Gasteiger partial charge in [0.1, 0.15) is 5.78 Å². The van der Waals surface area contributed by atoms with E-state index in [0.29, 0.717) is 24.7 Å². The van der Waals surface area contributed by atoms with Crippen LogP contribution in [0.1, 0.15) is 51.4 Å². The second-order valence-corrected chi connectivity index (χ2v) is 4.25. The summed E-state index contributed by atoms with van der Waals surface area (Å²) in [7, 11) is 0. The number of ether oxygens (including phenoxy) is 1. The molecular formula is C13H22O2. The number of carbonyl (C=O) groups is 1. The van der Waals surface area contributed by atoms with Gasteiger partial charge >= 0.3 is 0 Å². The summed E-state index contributed by atoms with van der Waals surface area (Å²) in [5, 5.41) is 0. The Hall–Kier alpha value is -0.630. The zero-order valence-corrected chi connectivity index (χ0v) is 9.54. The second kappa shape index (κ2) is 7.63. The predicted molar refractivity (Wildman–Crippen MR) is 61.9 cm³/mol. The van der Waals surface area contributed by atoms with Gasteiger partial charge < -0.3 is 4.74 Å². The van der Waals surface area contributed by atoms with E-state index in [1.54, 1.807) is 0 Å². The van der Waals surface area contributed by atoms with Crippen LogP contribution in [0.4, 0.5) is 0 Å². The van der Waals surface area contributed by atoms with Crippen molar-refractivity contribution in [2.45, 2.75) is 57.5 Å². The minimum absolute atomic E-state index is 0.349. The van der Waals surface area contributed by atoms with E-state index in [2.05, 4.69) is 6.58 Å². The molecule has 0 aliphatic carbocycles. The number of ketones is 1. The molecule has 86 valence electrons. The predicted octanol–water partition coefficient (Wildman–Crippen LogP) is 3.26. The maximum absolute atomic E-state index is 11.5. The van der Waals surface area contributed by atoms with Crippen LogP contribution in [0.15, 0.2) is 12.7 Å². The normalized spacial score (nSPS) is 21.2. The molecule has 1 unspecified atom stereocenters. The SMILES string of the molecule is C=CCCCC(=O)CCC1CCCCO1. The zero-order valence-electron chi connectivity index (χ0n) is 9.54. The van der Waals surface area contributed by atoms with Crippen molar-refractivity contribution in [1.29, 1.82) is 0 Å². The number of rotatable bonds is 7. The Balaban J connectivity index is 2.02. The number of unbranched alkanes of at least 4 members (excludes halogenated alkanes) is 1. The average Bonchev–Trinajstić information content (AvgIpc) is 2.28. The summed E-state index contributed by atoms with van der Waals surface area (Å²) < 4.78 is 5.59. The van der Waals surface area contributed by atoms with Gasteiger partial charge in [0.05, 0.1) is 6.10 Å². The van der Waals surface area contributed by atoms with E-state index < -0.39 is 0 Å². The lowest BCUT2D eigenvalue weighted by molar-refractivity contribution is -0.120. The summed E-state index contributed by atoms with van der Waals surface area (Å²) >= 11 is 0. The molecule has 1 fully saturated rings. The van der Waals surface area contributed by atoms with Crippen molar-refractivity contribution in [3.05, 3.63) is 12.7 Å². The molecule has 0 aromatic carbocycles. The number of carbonyl (C=O) groups excluding carboxylic acids is 1. The highest BCUT2D eigenvalue weighted by atomic mass is 16.5. The minimum atomic E-state index is 0.349. The number of hydrogen-bond acceptors (Lipinski definition) is 2. The molecule has 0 radical (unpaired) electrons. The molecule has 1 atom stereocenters. The van der Waals surface area contributed by atoms with Crippen molar-refractivity contribution in [3.63, 3.8) is 0 Å². The monoisotopic (exact) mass is 210 g/mol. The van der Waals surface area contributed by atoms with Gasteiger partial charge in [-0.2, -0.15) is 0 Å². The Kier molecular flexibility index (Phi) is 6.33. The van der Waals surface area contributed by atoms with Gasteiger partial charge in [0.25, 0.3) is 0 Å². The summed E-state index contributed by atoms with van der Waals surface area (Å²) in [5.74, 6) is 0.381. The first-order chi connectivity index (χ1) is 7.33. The van der Waals surface area contributed by atoms with Crippen molar-refractivity contribution in [2.24, 2.45) is 0 Å². The minimum Gasteiger partial charge on any atom is -0.378 e. The molecule has 0 N–H and O–H groups in total. The Labute approximate surface area is 92.7 Å². The molecule has 0 aromatic heterocycles. The number of allylic oxidation sites excluding steroid dienone is 1. The van der Waals surface area contributed by atoms with Gasteiger partial charge in [0.15, 0.2) is 0 Å². The van der Waals surface area contributed by atoms with Gasteiger partial charge in [-0.1, -0.05) is 6.08 Å². The maximum atomic E-state index is 11.5. The van der Waals surface area contributed by atoms with E-state index in [1.165, 1.54) is 12.8 Å². The third-order valence-electron chi connectivity index (χ3n) is 2.88. The molecule has 15 heavy (non-hydrogen) atoms. The van der Waals surface area contributed by atoms with Crippen LogP contribution in [0.3, 0.4) is 0 Å². The van der Waals surface area contributed by atoms with E-state index in [0.717, 1.165) is 32.3 Å². The zero-order chi connectivity index (χ0) is 10.9. The largest absolute Gasteiger partial charge is 0.378 e. The highest BCUT2D eigenvalue weighted by Gasteiger charge is 2.14. The summed E-state index contributed by atoms with van der Waals surface area (Å²) in [6.07, 6.45) is 10.0. The van der Waals surface area contributed by atoms with Crippen LogP contribution in [-0.2, 0) is 9.53 Å². The highest BCUT2D eigenvalue weighted by Crippen LogP contribution is 2.17. The lowest BCUT2D eigenvalue weighted by Crippen LogP contribution is -2.19. The maximum Gasteiger partial charge on any atom is 0.133 e. The third kappa shape index (κ3) is 5.73. The number of hydrogen-bond donors (Lipinski definition) is 0. The molecule has 2 nitrogen and oxygen atoms in total. The van der Waals surface area contributed by atoms with E-state index in [1.807, 2.05) is 6.08 Å². The van der Waals surface area contributed by atoms with Gasteiger partial charge in [-0.05, 0) is 38.5 Å². The van der Waals surface area contributed by atoms with Crippen molar-refractivity contribution in [1.82, 2.24) is 0 Å². The first-order valence-corrected chi connectivity index (χ1v) is 6.07. The van der Waals surface area contributed by atoms with Gasteiger partial charge in [0, 0.05) is 19.4 Å². The fourth-order valence-electron chi connectivity index (χ4n) is 1.93. The summed E-state index contributed by atoms with van der Waals surface area (Å²) in [4.78, 5) is 11.5. The Morgan fingerprint density at radius 3 is 2.93 bits per heavy atom. The lowest BCUT2D eigenvalue weighted by Gasteiger charge is -2.22. The fourth-order valence-corrected chi connectivity index (χ4v) is 1.93. The molecule has 1 heterocycles. The van der Waals surface area contributed by atoms with E-state index >= 15 is 0 Å². The first kappa shape index (κ1) is 12.4. The molecular weight excluding hydrogens is 188 g/mol. The quantitative estimate of drug-likeness (QED) is 0.476. The Bertz CT molecular complexity index is 193. The van der Waals surface area contributed by atoms with Crippen molar-refractivity contribution in [2.75, 3.05) is 6.61 Å². The average molecular weight is 210 g/mol. The van der Waals surface area contributed by atoms with Gasteiger partial charge in [0.2, 0.25) is 0 Å². The lowest BCUT2D eigenvalue weighted by atomic mass is 10.0. The van der Waals surface area contributed by atoms with Crippen LogP contribution >= 0.6 is 0 Å². The molecule has 0 bridgehead atoms. The summed E-state index contributed by atoms with van der Waals surface area (Å²) in [6.45, 7) is 4.53. The molecule has 2 heteroatoms. The third-order valence-corrected chi connectivity index (χ3v) is 2.88. The molecule has 1 rings (SSSR count). The highest BCUT2D eigenvalue weighted by molar-refractivity contribution is 5.78. The molecule has 0 aromatic rings. The van der Waals surface area contributed by atoms with Gasteiger partial charge in [-0.15, -0.1) is 6.58 Å². The van der Waals surface area contributed by atoms with Crippen LogP contribution in [0.25, 0.3) is 0 Å². The van der Waals surface area contributed by atoms with Crippen molar-refractivity contribution < 1.29 is 9.53 Å². The van der Waals surface area contributed by atoms with Crippen molar-refractivity contribution >= 4 is 5.78 Å². The molecule has 0 spiro atoms. The van der Waals surface area contributed by atoms with Gasteiger partial charge in [-0.3, -0.25) is 4.79 Å². The van der Waals surface area contributed by atoms with Crippen LogP contribution in [0, 0.1) is 0 Å². The standard InChI is InChI=1S/C13H22O2/c1-2-3-4-7-12(14)9-10-13-8-5-6-11-15-13/h2,13H,1,3-11H2. The van der Waals surface area contributed by atoms with E-state index in [4.69, 9.17) is 4.74 Å². The molecule has 0 saturated carbocycles. The van der Waals surface area contributed by atoms with Crippen LogP contribution in [-0.4, -0.2) is 18.5 Å². The molecule has 1 aliphatic rings. The smallest absolute Gasteiger partial charge is 0.133 e. The Morgan fingerprint density at radius 2 is 2.27 bits per heavy atom. The molecule has 1 saturated heterocycles. The second-order valence-electron chi connectivity index (χ2n) is 4.25. The van der Waals surface area contributed by atoms with E-state index in [-0.39, 0.29) is 0 Å². The molecule has 1 aliphatic heterocycles. The van der Waals surface area contributed by atoms with E-state index in [9.17, 15) is 4.79 Å². The van der Waals surface area contributed by atoms with Crippen molar-refractivity contribution in [3.8, 4) is 0 Å². The van der Waals surface area contributed by atoms with Crippen LogP contribution in [0.5, 0.6) is 0 Å². The Morgan fingerprint density at radius 1 is 1.40 bits per heavy atom. The summed E-state index contributed by atoms with van der Waals surface area (Å²) in [6, 6.07) is 0. The number of Topliss-reactive ketones (excluding diaryl/α,β-unsaturated/α-hetero) is 1. The van der Waals surface area contributed by atoms with Crippen LogP contribution < -0.4 is 0 Å².